The predicted molar refractivity (Wildman–Crippen MR) is 114 cm³/mol. The number of carbonyl (C=O) groups excluding carboxylic acids is 1. The zero-order valence-corrected chi connectivity index (χ0v) is 17.3. The summed E-state index contributed by atoms with van der Waals surface area (Å²) in [6, 6.07) is 15.7. The van der Waals surface area contributed by atoms with Gasteiger partial charge in [-0.25, -0.2) is 18.1 Å². The molecule has 30 heavy (non-hydrogen) atoms. The Kier molecular flexibility index (Phi) is 7.34. The van der Waals surface area contributed by atoms with Crippen LogP contribution in [0.4, 0.5) is 5.69 Å². The van der Waals surface area contributed by atoms with Crippen LogP contribution in [0.15, 0.2) is 65.7 Å². The summed E-state index contributed by atoms with van der Waals surface area (Å²) in [5.74, 6) is 0.0965. The second-order valence-corrected chi connectivity index (χ2v) is 8.20. The maximum atomic E-state index is 12.5. The predicted octanol–water partition coefficient (Wildman–Crippen LogP) is 2.57. The summed E-state index contributed by atoms with van der Waals surface area (Å²) < 4.78 is 37.7. The number of nitrogens with one attached hydrogen (secondary N) is 2. The second kappa shape index (κ2) is 10.1. The van der Waals surface area contributed by atoms with Gasteiger partial charge in [0.1, 0.15) is 6.61 Å². The molecule has 0 spiro atoms. The Labute approximate surface area is 175 Å². The first-order valence-corrected chi connectivity index (χ1v) is 10.8. The number of hydrogen-bond acceptors (Lipinski definition) is 6. The van der Waals surface area contributed by atoms with Crippen molar-refractivity contribution in [3.8, 4) is 5.88 Å². The Morgan fingerprint density at radius 2 is 1.83 bits per heavy atom. The fourth-order valence-corrected chi connectivity index (χ4v) is 3.78. The molecule has 8 nitrogen and oxygen atoms in total. The monoisotopic (exact) mass is 429 g/mol. The molecule has 1 aromatic heterocycles. The van der Waals surface area contributed by atoms with E-state index in [2.05, 4.69) is 15.0 Å². The fraction of sp³-hybridized carbons (Fsp3) is 0.238. The van der Waals surface area contributed by atoms with E-state index in [1.807, 2.05) is 24.3 Å². The first-order valence-electron chi connectivity index (χ1n) is 9.34. The van der Waals surface area contributed by atoms with Gasteiger partial charge in [0.05, 0.1) is 23.4 Å². The highest BCUT2D eigenvalue weighted by atomic mass is 32.2. The Balaban J connectivity index is 1.49. The lowest BCUT2D eigenvalue weighted by Gasteiger charge is -2.09. The van der Waals surface area contributed by atoms with Gasteiger partial charge in [-0.05, 0) is 29.0 Å². The summed E-state index contributed by atoms with van der Waals surface area (Å²) in [5.41, 5.74) is 0.497. The zero-order valence-electron chi connectivity index (χ0n) is 16.5. The quantitative estimate of drug-likeness (QED) is 0.480. The Bertz CT molecular complexity index is 1100. The van der Waals surface area contributed by atoms with E-state index in [-0.39, 0.29) is 23.8 Å². The number of benzene rings is 2. The highest BCUT2D eigenvalue weighted by molar-refractivity contribution is 7.89. The number of sulfonamides is 1. The number of carbonyl (C=O) groups is 1. The molecule has 158 valence electrons. The lowest BCUT2D eigenvalue weighted by Crippen LogP contribution is -2.27. The van der Waals surface area contributed by atoms with E-state index in [1.54, 1.807) is 37.4 Å². The average molecular weight is 429 g/mol. The molecule has 0 saturated carbocycles. The molecule has 0 fully saturated rings. The van der Waals surface area contributed by atoms with E-state index in [4.69, 9.17) is 9.47 Å². The van der Waals surface area contributed by atoms with Crippen LogP contribution in [0.5, 0.6) is 5.88 Å². The van der Waals surface area contributed by atoms with Crippen LogP contribution in [0.3, 0.4) is 0 Å². The molecular weight excluding hydrogens is 406 g/mol. The molecule has 2 N–H and O–H groups in total. The van der Waals surface area contributed by atoms with Gasteiger partial charge >= 0.3 is 0 Å². The average Bonchev–Trinajstić information content (AvgIpc) is 2.74. The lowest BCUT2D eigenvalue weighted by molar-refractivity contribution is -0.116. The number of amides is 1. The summed E-state index contributed by atoms with van der Waals surface area (Å²) in [4.78, 5) is 16.3. The molecule has 0 aliphatic heterocycles. The van der Waals surface area contributed by atoms with Crippen molar-refractivity contribution in [3.63, 3.8) is 0 Å². The molecule has 3 rings (SSSR count). The van der Waals surface area contributed by atoms with Crippen LogP contribution >= 0.6 is 0 Å². The van der Waals surface area contributed by atoms with Crippen molar-refractivity contribution in [1.29, 1.82) is 0 Å². The third kappa shape index (κ3) is 5.99. The Hall–Kier alpha value is -3.01. The van der Waals surface area contributed by atoms with Crippen molar-refractivity contribution in [3.05, 3.63) is 60.8 Å². The van der Waals surface area contributed by atoms with Crippen molar-refractivity contribution in [2.45, 2.75) is 11.3 Å². The maximum Gasteiger partial charge on any atom is 0.240 e. The summed E-state index contributed by atoms with van der Waals surface area (Å²) in [6.45, 7) is 0.814. The molecule has 3 aromatic rings. The van der Waals surface area contributed by atoms with Crippen molar-refractivity contribution >= 4 is 32.4 Å². The van der Waals surface area contributed by atoms with E-state index in [9.17, 15) is 13.2 Å². The molecule has 1 amide bonds. The summed E-state index contributed by atoms with van der Waals surface area (Å²) in [6.07, 6.45) is 1.46. The third-order valence-electron chi connectivity index (χ3n) is 4.23. The molecule has 0 bridgehead atoms. The number of aromatic nitrogens is 1. The molecule has 2 aromatic carbocycles. The van der Waals surface area contributed by atoms with Gasteiger partial charge in [0.25, 0.3) is 0 Å². The minimum absolute atomic E-state index is 0.0150. The summed E-state index contributed by atoms with van der Waals surface area (Å²) in [5, 5.41) is 4.46. The van der Waals surface area contributed by atoms with E-state index in [0.717, 1.165) is 10.8 Å². The van der Waals surface area contributed by atoms with Crippen molar-refractivity contribution in [1.82, 2.24) is 9.71 Å². The van der Waals surface area contributed by atoms with Gasteiger partial charge in [0, 0.05) is 26.1 Å². The van der Waals surface area contributed by atoms with Gasteiger partial charge in [-0.2, -0.15) is 0 Å². The van der Waals surface area contributed by atoms with Crippen molar-refractivity contribution < 1.29 is 22.7 Å². The number of rotatable bonds is 10. The number of hydrogen-bond donors (Lipinski definition) is 2. The molecular formula is C21H23N3O5S. The van der Waals surface area contributed by atoms with E-state index in [1.165, 1.54) is 6.20 Å². The number of nitrogens with zero attached hydrogens (tertiary/aromatic N) is 1. The van der Waals surface area contributed by atoms with Crippen molar-refractivity contribution in [2.24, 2.45) is 0 Å². The molecule has 0 atom stereocenters. The van der Waals surface area contributed by atoms with Crippen LogP contribution in [0.25, 0.3) is 10.8 Å². The molecule has 0 aliphatic rings. The minimum Gasteiger partial charge on any atom is -0.475 e. The summed E-state index contributed by atoms with van der Waals surface area (Å²) >= 11 is 0. The highest BCUT2D eigenvalue weighted by Crippen LogP contribution is 2.19. The third-order valence-corrected chi connectivity index (χ3v) is 5.69. The number of fused-ring (bicyclic) bond motifs is 1. The van der Waals surface area contributed by atoms with E-state index in [0.29, 0.717) is 24.8 Å². The van der Waals surface area contributed by atoms with Crippen LogP contribution in [0.1, 0.15) is 6.42 Å². The largest absolute Gasteiger partial charge is 0.475 e. The molecule has 1 heterocycles. The van der Waals surface area contributed by atoms with Crippen LogP contribution in [0, 0.1) is 0 Å². The Morgan fingerprint density at radius 1 is 1.03 bits per heavy atom. The smallest absolute Gasteiger partial charge is 0.240 e. The normalized spacial score (nSPS) is 11.4. The topological polar surface area (TPSA) is 107 Å². The molecule has 0 radical (unpaired) electrons. The molecule has 9 heteroatoms. The standard InChI is InChI=1S/C21H23N3O5S/c1-28-12-13-29-21-9-7-18(15-22-21)24-20(25)10-11-23-30(26,27)19-8-6-16-4-2-3-5-17(16)14-19/h2-9,14-15,23H,10-13H2,1H3,(H,24,25). The number of pyridine rings is 1. The maximum absolute atomic E-state index is 12.5. The van der Waals surface area contributed by atoms with Gasteiger partial charge in [-0.1, -0.05) is 30.3 Å². The van der Waals surface area contributed by atoms with Gasteiger partial charge in [0.15, 0.2) is 0 Å². The van der Waals surface area contributed by atoms with Gasteiger partial charge < -0.3 is 14.8 Å². The number of anilines is 1. The number of ether oxygens (including phenoxy) is 2. The van der Waals surface area contributed by atoms with E-state index >= 15 is 0 Å². The first-order chi connectivity index (χ1) is 14.5. The van der Waals surface area contributed by atoms with Crippen LogP contribution in [-0.2, 0) is 19.6 Å². The molecule has 0 unspecified atom stereocenters. The van der Waals surface area contributed by atoms with Gasteiger partial charge in [-0.15, -0.1) is 0 Å². The van der Waals surface area contributed by atoms with E-state index < -0.39 is 10.0 Å². The van der Waals surface area contributed by atoms with Crippen LogP contribution < -0.4 is 14.8 Å². The zero-order chi connectivity index (χ0) is 21.4. The van der Waals surface area contributed by atoms with Gasteiger partial charge in [0.2, 0.25) is 21.8 Å². The Morgan fingerprint density at radius 3 is 2.57 bits per heavy atom. The van der Waals surface area contributed by atoms with Crippen LogP contribution in [-0.4, -0.2) is 46.2 Å². The van der Waals surface area contributed by atoms with Crippen molar-refractivity contribution in [2.75, 3.05) is 32.2 Å². The number of methoxy groups -OCH3 is 1. The first kappa shape index (κ1) is 21.7. The summed E-state index contributed by atoms with van der Waals surface area (Å²) in [7, 11) is -2.13. The molecule has 0 saturated heterocycles. The molecule has 0 aliphatic carbocycles. The highest BCUT2D eigenvalue weighted by Gasteiger charge is 2.15. The minimum atomic E-state index is -3.71. The second-order valence-electron chi connectivity index (χ2n) is 6.43. The van der Waals surface area contributed by atoms with Gasteiger partial charge in [-0.3, -0.25) is 4.79 Å². The fourth-order valence-electron chi connectivity index (χ4n) is 2.71. The van der Waals surface area contributed by atoms with Crippen LogP contribution in [0.2, 0.25) is 0 Å². The SMILES string of the molecule is COCCOc1ccc(NC(=O)CCNS(=O)(=O)c2ccc3ccccc3c2)cn1. The lowest BCUT2D eigenvalue weighted by atomic mass is 10.1.